The van der Waals surface area contributed by atoms with E-state index < -0.39 is 35.1 Å². The van der Waals surface area contributed by atoms with Crippen LogP contribution in [-0.2, 0) is 19.1 Å². The molecule has 0 unspecified atom stereocenters. The van der Waals surface area contributed by atoms with Crippen LogP contribution in [0.4, 0.5) is 9.59 Å². The average Bonchev–Trinajstić information content (AvgIpc) is 3.99. The van der Waals surface area contributed by atoms with Crippen LogP contribution in [0.1, 0.15) is 102 Å². The molecule has 14 nitrogen and oxygen atoms in total. The second-order valence-corrected chi connectivity index (χ2v) is 16.6. The molecule has 4 aromatic rings. The van der Waals surface area contributed by atoms with Crippen LogP contribution in [0.3, 0.4) is 0 Å². The molecular weight excluding hydrogens is 713 g/mol. The van der Waals surface area contributed by atoms with E-state index in [9.17, 15) is 19.2 Å². The number of aromatic nitrogens is 4. The van der Waals surface area contributed by atoms with Crippen molar-refractivity contribution in [1.29, 1.82) is 0 Å². The van der Waals surface area contributed by atoms with Gasteiger partial charge < -0.3 is 39.9 Å². The molecule has 2 aromatic carbocycles. The fraction of sp³-hybridized carbons (Fsp3) is 0.476. The number of likely N-dealkylation sites (tertiary alicyclic amines) is 2. The zero-order valence-corrected chi connectivity index (χ0v) is 33.4. The fourth-order valence-corrected chi connectivity index (χ4v) is 7.41. The van der Waals surface area contributed by atoms with Gasteiger partial charge in [-0.3, -0.25) is 9.59 Å². The van der Waals surface area contributed by atoms with Gasteiger partial charge in [0.05, 0.1) is 49.2 Å². The van der Waals surface area contributed by atoms with Crippen LogP contribution in [0.2, 0.25) is 0 Å². The van der Waals surface area contributed by atoms with E-state index in [4.69, 9.17) is 14.5 Å². The molecule has 2 aliphatic heterocycles. The summed E-state index contributed by atoms with van der Waals surface area (Å²) in [6, 6.07) is 11.7. The molecule has 6 rings (SSSR count). The first-order valence-corrected chi connectivity index (χ1v) is 19.0. The molecule has 4 heterocycles. The summed E-state index contributed by atoms with van der Waals surface area (Å²) < 4.78 is 9.59. The Bertz CT molecular complexity index is 2150. The topological polar surface area (TPSA) is 175 Å². The Morgan fingerprint density at radius 2 is 1.27 bits per heavy atom. The van der Waals surface area contributed by atoms with Crippen LogP contribution in [-0.4, -0.2) is 93.1 Å². The van der Waals surface area contributed by atoms with E-state index in [1.807, 2.05) is 84.0 Å². The van der Waals surface area contributed by atoms with Crippen molar-refractivity contribution in [2.75, 3.05) is 27.3 Å². The number of methoxy groups -OCH3 is 2. The number of fused-ring (bicyclic) bond motifs is 1. The number of hydrogen-bond acceptors (Lipinski definition) is 8. The summed E-state index contributed by atoms with van der Waals surface area (Å²) in [6.07, 6.45) is 3.69. The molecule has 4 N–H and O–H groups in total. The number of carbonyl (C=O) groups excluding carboxylic acids is 4. The molecule has 2 aliphatic rings. The van der Waals surface area contributed by atoms with Crippen molar-refractivity contribution in [3.63, 3.8) is 0 Å². The van der Waals surface area contributed by atoms with Crippen LogP contribution in [0, 0.1) is 22.7 Å². The Kier molecular flexibility index (Phi) is 11.5. The van der Waals surface area contributed by atoms with Gasteiger partial charge in [0.25, 0.3) is 0 Å². The highest BCUT2D eigenvalue weighted by Crippen LogP contribution is 2.36. The third-order valence-corrected chi connectivity index (χ3v) is 10.5. The number of nitrogens with one attached hydrogen (secondary N) is 4. The maximum absolute atomic E-state index is 13.8. The largest absolute Gasteiger partial charge is 0.453 e. The second kappa shape index (κ2) is 16.1. The minimum atomic E-state index is -0.751. The maximum atomic E-state index is 13.8. The molecular formula is C42H52N8O6. The van der Waals surface area contributed by atoms with Crippen LogP contribution >= 0.6 is 0 Å². The van der Waals surface area contributed by atoms with Gasteiger partial charge in [-0.1, -0.05) is 65.5 Å². The number of amides is 4. The molecule has 4 amide bonds. The lowest BCUT2D eigenvalue weighted by Crippen LogP contribution is -2.54. The van der Waals surface area contributed by atoms with E-state index in [1.54, 1.807) is 16.0 Å². The number of H-pyrrole nitrogens is 2. The molecule has 2 aromatic heterocycles. The van der Waals surface area contributed by atoms with Gasteiger partial charge in [0, 0.05) is 24.2 Å². The summed E-state index contributed by atoms with van der Waals surface area (Å²) in [5.74, 6) is 7.60. The smallest absolute Gasteiger partial charge is 0.407 e. The Morgan fingerprint density at radius 3 is 1.80 bits per heavy atom. The van der Waals surface area contributed by atoms with Crippen molar-refractivity contribution in [3.05, 3.63) is 71.4 Å². The number of benzene rings is 2. The SMILES string of the molecule is COC(=O)N[C@H](C(=O)N1CCC[C@H]1c1ncc(-c2ccc(C#Cc3ccc4nc([C@@H]5CCCN5C(=O)[C@@H](NC(=O)OC)C(C)(C)C)[nH]c4c3)cc2)[nH]1)C(C)(C)C. The van der Waals surface area contributed by atoms with Gasteiger partial charge in [-0.2, -0.15) is 0 Å². The number of alkyl carbamates (subject to hydrolysis) is 2. The Morgan fingerprint density at radius 1 is 0.750 bits per heavy atom. The predicted octanol–water partition coefficient (Wildman–Crippen LogP) is 6.22. The van der Waals surface area contributed by atoms with Gasteiger partial charge in [0.2, 0.25) is 11.8 Å². The summed E-state index contributed by atoms with van der Waals surface area (Å²) in [5, 5.41) is 5.46. The minimum Gasteiger partial charge on any atom is -0.453 e. The lowest BCUT2D eigenvalue weighted by atomic mass is 9.85. The van der Waals surface area contributed by atoms with E-state index >= 15 is 0 Å². The molecule has 0 radical (unpaired) electrons. The van der Waals surface area contributed by atoms with E-state index in [-0.39, 0.29) is 23.9 Å². The molecule has 2 saturated heterocycles. The monoisotopic (exact) mass is 764 g/mol. The van der Waals surface area contributed by atoms with Crippen LogP contribution in [0.15, 0.2) is 48.7 Å². The Hall–Kier alpha value is -5.84. The van der Waals surface area contributed by atoms with Crippen LogP contribution in [0.5, 0.6) is 0 Å². The standard InChI is InChI=1S/C42H52N8O6/c1-41(2,3)33(47-39(53)55-7)37(51)49-21-9-11-31(49)35-43-24-30(46-35)27-18-15-25(16-19-27)13-14-26-17-20-28-29(23-26)45-36(44-28)32-12-10-22-50(32)38(52)34(42(4,5)6)48-40(54)56-8/h15-20,23-24,31-34H,9-12,21-22H2,1-8H3,(H,43,46)(H,44,45)(H,47,53)(H,48,54)/t31-,32-,33+,34+/m0/s1. The number of imidazole rings is 2. The van der Waals surface area contributed by atoms with Gasteiger partial charge >= 0.3 is 12.2 Å². The lowest BCUT2D eigenvalue weighted by molar-refractivity contribution is -0.137. The summed E-state index contributed by atoms with van der Waals surface area (Å²) >= 11 is 0. The minimum absolute atomic E-state index is 0.161. The zero-order valence-electron chi connectivity index (χ0n) is 33.4. The average molecular weight is 765 g/mol. The molecule has 0 bridgehead atoms. The number of carbonyl (C=O) groups is 4. The molecule has 0 saturated carbocycles. The van der Waals surface area contributed by atoms with Crippen molar-refractivity contribution >= 4 is 35.0 Å². The number of rotatable bonds is 7. The Labute approximate surface area is 327 Å². The number of aromatic amines is 2. The van der Waals surface area contributed by atoms with E-state index in [1.165, 1.54) is 14.2 Å². The molecule has 2 fully saturated rings. The van der Waals surface area contributed by atoms with Crippen LogP contribution in [0.25, 0.3) is 22.3 Å². The predicted molar refractivity (Wildman–Crippen MR) is 211 cm³/mol. The summed E-state index contributed by atoms with van der Waals surface area (Å²) in [7, 11) is 2.57. The molecule has 0 aliphatic carbocycles. The highest BCUT2D eigenvalue weighted by Gasteiger charge is 2.42. The summed E-state index contributed by atoms with van der Waals surface area (Å²) in [5.41, 5.74) is 3.99. The first-order chi connectivity index (χ1) is 26.6. The van der Waals surface area contributed by atoms with Crippen molar-refractivity contribution in [1.82, 2.24) is 40.4 Å². The highest BCUT2D eigenvalue weighted by molar-refractivity contribution is 5.88. The van der Waals surface area contributed by atoms with Crippen LogP contribution < -0.4 is 10.6 Å². The third kappa shape index (κ3) is 8.67. The second-order valence-electron chi connectivity index (χ2n) is 16.6. The number of nitrogens with zero attached hydrogens (tertiary/aromatic N) is 4. The van der Waals surface area contributed by atoms with E-state index in [0.717, 1.165) is 59.1 Å². The van der Waals surface area contributed by atoms with E-state index in [2.05, 4.69) is 37.4 Å². The lowest BCUT2D eigenvalue weighted by Gasteiger charge is -2.35. The van der Waals surface area contributed by atoms with Gasteiger partial charge in [0.15, 0.2) is 0 Å². The quantitative estimate of drug-likeness (QED) is 0.161. The number of ether oxygens (including phenoxy) is 2. The van der Waals surface area contributed by atoms with E-state index in [0.29, 0.717) is 24.7 Å². The normalized spacial score (nSPS) is 18.2. The van der Waals surface area contributed by atoms with Crippen molar-refractivity contribution in [3.8, 4) is 23.1 Å². The van der Waals surface area contributed by atoms with Crippen molar-refractivity contribution in [2.24, 2.45) is 10.8 Å². The maximum Gasteiger partial charge on any atom is 0.407 e. The van der Waals surface area contributed by atoms with Crippen molar-refractivity contribution < 1.29 is 28.7 Å². The van der Waals surface area contributed by atoms with Gasteiger partial charge in [-0.15, -0.1) is 0 Å². The molecule has 4 atom stereocenters. The molecule has 296 valence electrons. The summed E-state index contributed by atoms with van der Waals surface area (Å²) in [4.78, 5) is 71.6. The molecule has 14 heteroatoms. The zero-order chi connectivity index (χ0) is 40.4. The molecule has 0 spiro atoms. The molecule has 56 heavy (non-hydrogen) atoms. The Balaban J connectivity index is 1.13. The van der Waals surface area contributed by atoms with Gasteiger partial charge in [-0.05, 0) is 72.4 Å². The first kappa shape index (κ1) is 39.8. The summed E-state index contributed by atoms with van der Waals surface area (Å²) in [6.45, 7) is 12.6. The number of hydrogen-bond donors (Lipinski definition) is 4. The first-order valence-electron chi connectivity index (χ1n) is 19.0. The highest BCUT2D eigenvalue weighted by atomic mass is 16.5. The van der Waals surface area contributed by atoms with Gasteiger partial charge in [0.1, 0.15) is 23.7 Å². The third-order valence-electron chi connectivity index (χ3n) is 10.5. The van der Waals surface area contributed by atoms with Crippen molar-refractivity contribution in [2.45, 2.75) is 91.4 Å². The van der Waals surface area contributed by atoms with Gasteiger partial charge in [-0.25, -0.2) is 19.6 Å². The fourth-order valence-electron chi connectivity index (χ4n) is 7.41.